The minimum absolute atomic E-state index is 0.993. The summed E-state index contributed by atoms with van der Waals surface area (Å²) < 4.78 is 4.86. The van der Waals surface area contributed by atoms with Gasteiger partial charge in [-0.3, -0.25) is 0 Å². The van der Waals surface area contributed by atoms with Crippen molar-refractivity contribution in [1.29, 1.82) is 0 Å². The molecule has 0 aliphatic rings. The lowest BCUT2D eigenvalue weighted by Gasteiger charge is -2.16. The summed E-state index contributed by atoms with van der Waals surface area (Å²) in [5.74, 6) is 0. The predicted molar refractivity (Wildman–Crippen MR) is 250 cm³/mol. The highest BCUT2D eigenvalue weighted by Gasteiger charge is 2.18. The molecule has 0 atom stereocenters. The van der Waals surface area contributed by atoms with E-state index in [2.05, 4.69) is 210 Å². The van der Waals surface area contributed by atoms with E-state index in [1.165, 1.54) is 87.1 Å². The Morgan fingerprint density at radius 2 is 0.741 bits per heavy atom. The van der Waals surface area contributed by atoms with Crippen molar-refractivity contribution in [3.05, 3.63) is 200 Å². The van der Waals surface area contributed by atoms with Crippen LogP contribution in [0.1, 0.15) is 5.56 Å². The van der Waals surface area contributed by atoms with Crippen molar-refractivity contribution in [1.82, 2.24) is 9.13 Å². The number of para-hydroxylation sites is 3. The molecular weight excluding hydrogens is 721 g/mol. The second kappa shape index (κ2) is 12.7. The number of hydrogen-bond acceptors (Lipinski definition) is 1. The number of aromatic nitrogens is 2. The largest absolute Gasteiger partial charge is 0.309 e. The molecule has 0 radical (unpaired) electrons. The monoisotopic (exact) mass is 756 g/mol. The van der Waals surface area contributed by atoms with Crippen LogP contribution in [0.15, 0.2) is 199 Å². The zero-order valence-electron chi connectivity index (χ0n) is 31.8. The highest BCUT2D eigenvalue weighted by Crippen LogP contribution is 2.43. The number of nitrogens with zero attached hydrogens (tertiary/aromatic N) is 2. The van der Waals surface area contributed by atoms with E-state index in [9.17, 15) is 0 Å². The third-order valence-corrected chi connectivity index (χ3v) is 12.8. The molecule has 0 bridgehead atoms. The Labute approximate surface area is 341 Å². The number of aryl methyl sites for hydroxylation is 1. The SMILES string of the molecule is Cc1ccccc1-c1cccc(-c2ccc3c4ccccc4c4ccc(-n5c6ccccc6c6cc(-n7c8ccccc8c8ccccc87)ccc65)cc4c3c2)c1S. The first-order valence-corrected chi connectivity index (χ1v) is 20.4. The standard InChI is InChI=1S/C55H36N2S/c1-34-13-2-3-14-38(34)47-21-12-20-39(55(47)58)35-25-28-42-40-15-4-5-16-41(40)43-29-26-36(32-49(43)48(42)31-35)57-53-24-11-8-19-46(53)50-33-37(27-30-54(50)57)56-51-22-9-6-17-44(51)45-18-7-10-23-52(45)56/h2-33,58H,1H3. The van der Waals surface area contributed by atoms with Crippen molar-refractivity contribution in [3.8, 4) is 33.6 Å². The Bertz CT molecular complexity index is 3610. The third-order valence-electron chi connectivity index (χ3n) is 12.4. The first kappa shape index (κ1) is 33.1. The average Bonchev–Trinajstić information content (AvgIpc) is 3.79. The molecule has 0 saturated heterocycles. The molecule has 272 valence electrons. The van der Waals surface area contributed by atoms with Crippen LogP contribution in [0, 0.1) is 6.92 Å². The van der Waals surface area contributed by atoms with E-state index < -0.39 is 0 Å². The molecular formula is C55H36N2S. The van der Waals surface area contributed by atoms with Gasteiger partial charge in [0.15, 0.2) is 0 Å². The Morgan fingerprint density at radius 1 is 0.310 bits per heavy atom. The molecule has 0 aliphatic carbocycles. The maximum absolute atomic E-state index is 5.19. The van der Waals surface area contributed by atoms with Crippen molar-refractivity contribution < 1.29 is 0 Å². The van der Waals surface area contributed by atoms with Gasteiger partial charge in [-0.2, -0.15) is 0 Å². The quantitative estimate of drug-likeness (QED) is 0.135. The molecule has 0 fully saturated rings. The van der Waals surface area contributed by atoms with E-state index in [1.54, 1.807) is 0 Å². The van der Waals surface area contributed by atoms with E-state index in [4.69, 9.17) is 12.6 Å². The van der Waals surface area contributed by atoms with Crippen LogP contribution in [-0.4, -0.2) is 9.13 Å². The molecule has 0 N–H and O–H groups in total. The van der Waals surface area contributed by atoms with Crippen LogP contribution in [0.25, 0.3) is 110 Å². The minimum atomic E-state index is 0.993. The van der Waals surface area contributed by atoms with Crippen LogP contribution >= 0.6 is 12.6 Å². The normalized spacial score (nSPS) is 12.0. The highest BCUT2D eigenvalue weighted by atomic mass is 32.1. The van der Waals surface area contributed by atoms with Crippen molar-refractivity contribution in [2.75, 3.05) is 0 Å². The van der Waals surface area contributed by atoms with Gasteiger partial charge in [-0.15, -0.1) is 12.6 Å². The van der Waals surface area contributed by atoms with E-state index in [1.807, 2.05) is 0 Å². The summed E-state index contributed by atoms with van der Waals surface area (Å²) in [6, 6.07) is 71.2. The molecule has 0 spiro atoms. The average molecular weight is 757 g/mol. The van der Waals surface area contributed by atoms with Gasteiger partial charge < -0.3 is 9.13 Å². The maximum atomic E-state index is 5.19. The highest BCUT2D eigenvalue weighted by molar-refractivity contribution is 7.80. The summed E-state index contributed by atoms with van der Waals surface area (Å²) in [6.45, 7) is 2.17. The number of thiol groups is 1. The Kier molecular flexibility index (Phi) is 7.26. The van der Waals surface area contributed by atoms with E-state index in [0.29, 0.717) is 0 Å². The van der Waals surface area contributed by atoms with Gasteiger partial charge in [0.05, 0.1) is 22.1 Å². The molecule has 3 heteroatoms. The van der Waals surface area contributed by atoms with Crippen LogP contribution in [0.2, 0.25) is 0 Å². The zero-order chi connectivity index (χ0) is 38.5. The van der Waals surface area contributed by atoms with E-state index in [-0.39, 0.29) is 0 Å². The van der Waals surface area contributed by atoms with Gasteiger partial charge in [0.1, 0.15) is 0 Å². The fourth-order valence-corrected chi connectivity index (χ4v) is 10.1. The van der Waals surface area contributed by atoms with Gasteiger partial charge >= 0.3 is 0 Å². The lowest BCUT2D eigenvalue weighted by atomic mass is 9.91. The topological polar surface area (TPSA) is 9.86 Å². The third kappa shape index (κ3) is 4.81. The second-order valence-electron chi connectivity index (χ2n) is 15.5. The van der Waals surface area contributed by atoms with E-state index in [0.717, 1.165) is 33.0 Å². The fraction of sp³-hybridized carbons (Fsp3) is 0.0182. The van der Waals surface area contributed by atoms with Crippen LogP contribution in [0.3, 0.4) is 0 Å². The summed E-state index contributed by atoms with van der Waals surface area (Å²) in [5.41, 5.74) is 13.0. The minimum Gasteiger partial charge on any atom is -0.309 e. The maximum Gasteiger partial charge on any atom is 0.0542 e. The number of fused-ring (bicyclic) bond motifs is 12. The molecule has 0 unspecified atom stereocenters. The molecule has 2 heterocycles. The van der Waals surface area contributed by atoms with Crippen molar-refractivity contribution in [2.24, 2.45) is 0 Å². The molecule has 2 nitrogen and oxygen atoms in total. The van der Waals surface area contributed by atoms with Gasteiger partial charge in [-0.25, -0.2) is 0 Å². The summed E-state index contributed by atoms with van der Waals surface area (Å²) in [7, 11) is 0. The van der Waals surface area contributed by atoms with Crippen molar-refractivity contribution in [2.45, 2.75) is 11.8 Å². The molecule has 10 aromatic carbocycles. The Morgan fingerprint density at radius 3 is 1.38 bits per heavy atom. The summed E-state index contributed by atoms with van der Waals surface area (Å²) in [6.07, 6.45) is 0. The van der Waals surface area contributed by atoms with Crippen LogP contribution in [0.5, 0.6) is 0 Å². The van der Waals surface area contributed by atoms with Crippen molar-refractivity contribution in [3.63, 3.8) is 0 Å². The molecule has 12 aromatic rings. The van der Waals surface area contributed by atoms with Gasteiger partial charge in [0.2, 0.25) is 0 Å². The fourth-order valence-electron chi connectivity index (χ4n) is 9.70. The van der Waals surface area contributed by atoms with Gasteiger partial charge in [0, 0.05) is 37.8 Å². The molecule has 0 saturated carbocycles. The summed E-state index contributed by atoms with van der Waals surface area (Å²) in [5, 5.41) is 12.5. The summed E-state index contributed by atoms with van der Waals surface area (Å²) >= 11 is 5.19. The van der Waals surface area contributed by atoms with E-state index >= 15 is 0 Å². The Hall–Kier alpha value is -7.07. The lowest BCUT2D eigenvalue weighted by Crippen LogP contribution is -1.96. The lowest BCUT2D eigenvalue weighted by molar-refractivity contribution is 1.17. The molecule has 58 heavy (non-hydrogen) atoms. The molecule has 0 aliphatic heterocycles. The second-order valence-corrected chi connectivity index (χ2v) is 15.9. The van der Waals surface area contributed by atoms with Crippen LogP contribution in [0.4, 0.5) is 0 Å². The first-order valence-electron chi connectivity index (χ1n) is 19.9. The number of rotatable bonds is 4. The molecule has 0 amide bonds. The molecule has 12 rings (SSSR count). The first-order chi connectivity index (χ1) is 28.6. The van der Waals surface area contributed by atoms with Crippen molar-refractivity contribution >= 4 is 88.6 Å². The number of benzene rings is 10. The molecule has 2 aromatic heterocycles. The smallest absolute Gasteiger partial charge is 0.0542 e. The van der Waals surface area contributed by atoms with Crippen LogP contribution in [-0.2, 0) is 0 Å². The predicted octanol–water partition coefficient (Wildman–Crippen LogP) is 15.3. The van der Waals surface area contributed by atoms with Crippen LogP contribution < -0.4 is 0 Å². The number of hydrogen-bond donors (Lipinski definition) is 1. The zero-order valence-corrected chi connectivity index (χ0v) is 32.7. The van der Waals surface area contributed by atoms with Gasteiger partial charge in [-0.05, 0) is 122 Å². The van der Waals surface area contributed by atoms with Gasteiger partial charge in [0.25, 0.3) is 0 Å². The Balaban J connectivity index is 1.09. The summed E-state index contributed by atoms with van der Waals surface area (Å²) in [4.78, 5) is 0.993. The van der Waals surface area contributed by atoms with Gasteiger partial charge in [-0.1, -0.05) is 140 Å².